The molecule has 2 unspecified atom stereocenters. The lowest BCUT2D eigenvalue weighted by Gasteiger charge is -2.33. The first-order valence-corrected chi connectivity index (χ1v) is 10.1. The number of aliphatic hydroxyl groups is 1. The Bertz CT molecular complexity index is 940. The van der Waals surface area contributed by atoms with Gasteiger partial charge in [0.15, 0.2) is 5.82 Å². The Hall–Kier alpha value is -2.44. The normalized spacial score (nSPS) is 28.0. The Morgan fingerprint density at radius 1 is 1.14 bits per heavy atom. The van der Waals surface area contributed by atoms with Gasteiger partial charge in [0, 0.05) is 24.8 Å². The molecule has 0 bridgehead atoms. The van der Waals surface area contributed by atoms with Crippen LogP contribution in [0.1, 0.15) is 48.6 Å². The van der Waals surface area contributed by atoms with Crippen molar-refractivity contribution in [2.75, 3.05) is 0 Å². The lowest BCUT2D eigenvalue weighted by atomic mass is 9.89. The molecule has 6 nitrogen and oxygen atoms in total. The maximum atomic E-state index is 9.44. The highest BCUT2D eigenvalue weighted by Crippen LogP contribution is 2.37. The Morgan fingerprint density at radius 3 is 2.79 bits per heavy atom. The molecule has 6 heteroatoms. The lowest BCUT2D eigenvalue weighted by molar-refractivity contribution is 0.0619. The summed E-state index contributed by atoms with van der Waals surface area (Å²) in [5.41, 5.74) is 3.92. The molecule has 2 N–H and O–H groups in total. The van der Waals surface area contributed by atoms with Gasteiger partial charge in [-0.2, -0.15) is 0 Å². The van der Waals surface area contributed by atoms with Crippen LogP contribution < -0.4 is 5.32 Å². The van der Waals surface area contributed by atoms with Crippen LogP contribution in [0, 0.1) is 6.92 Å². The third-order valence-corrected chi connectivity index (χ3v) is 6.26. The molecule has 0 spiro atoms. The van der Waals surface area contributed by atoms with E-state index in [1.165, 1.54) is 16.8 Å². The average Bonchev–Trinajstić information content (AvgIpc) is 3.18. The fraction of sp³-hybridized carbons (Fsp3) is 0.455. The molecule has 2 aromatic rings. The first kappa shape index (κ1) is 17.6. The highest BCUT2D eigenvalue weighted by atomic mass is 16.3. The summed E-state index contributed by atoms with van der Waals surface area (Å²) in [5.74, 6) is 1.91. The fourth-order valence-corrected chi connectivity index (χ4v) is 4.64. The van der Waals surface area contributed by atoms with Gasteiger partial charge in [0.2, 0.25) is 0 Å². The fourth-order valence-electron chi connectivity index (χ4n) is 4.64. The van der Waals surface area contributed by atoms with Crippen molar-refractivity contribution in [2.24, 2.45) is 0 Å². The molecule has 1 aliphatic carbocycles. The zero-order chi connectivity index (χ0) is 19.3. The molecular formula is C22H27N5O. The van der Waals surface area contributed by atoms with Crippen LogP contribution in [0.2, 0.25) is 0 Å². The van der Waals surface area contributed by atoms with E-state index in [-0.39, 0.29) is 12.1 Å². The molecule has 2 atom stereocenters. The number of rotatable bonds is 5. The number of aliphatic hydroxyl groups excluding tert-OH is 1. The van der Waals surface area contributed by atoms with Crippen molar-refractivity contribution < 1.29 is 5.11 Å². The van der Waals surface area contributed by atoms with Crippen molar-refractivity contribution in [3.63, 3.8) is 0 Å². The first-order valence-electron chi connectivity index (χ1n) is 10.1. The molecule has 1 fully saturated rings. The maximum absolute atomic E-state index is 9.44. The molecule has 5 rings (SSSR count). The van der Waals surface area contributed by atoms with Crippen molar-refractivity contribution in [3.8, 4) is 0 Å². The molecule has 1 saturated carbocycles. The van der Waals surface area contributed by atoms with Crippen LogP contribution in [0.15, 0.2) is 42.1 Å². The Labute approximate surface area is 165 Å². The summed E-state index contributed by atoms with van der Waals surface area (Å²) in [6, 6.07) is 9.85. The molecule has 1 aromatic carbocycles. The van der Waals surface area contributed by atoms with Crippen molar-refractivity contribution in [2.45, 2.75) is 64.0 Å². The van der Waals surface area contributed by atoms with Crippen LogP contribution >= 0.6 is 0 Å². The van der Waals surface area contributed by atoms with Crippen LogP contribution in [0.25, 0.3) is 6.08 Å². The molecule has 146 valence electrons. The van der Waals surface area contributed by atoms with E-state index in [2.05, 4.69) is 74.4 Å². The van der Waals surface area contributed by atoms with Crippen molar-refractivity contribution in [1.82, 2.24) is 25.0 Å². The van der Waals surface area contributed by atoms with Crippen LogP contribution in [-0.2, 0) is 13.1 Å². The van der Waals surface area contributed by atoms with Gasteiger partial charge in [-0.05, 0) is 50.0 Å². The first-order chi connectivity index (χ1) is 13.6. The predicted octanol–water partition coefficient (Wildman–Crippen LogP) is 2.56. The Kier molecular flexibility index (Phi) is 4.33. The summed E-state index contributed by atoms with van der Waals surface area (Å²) in [4.78, 5) is 2.47. The highest BCUT2D eigenvalue weighted by molar-refractivity contribution is 5.48. The van der Waals surface area contributed by atoms with E-state index < -0.39 is 0 Å². The number of aryl methyl sites for hydroxylation is 1. The number of allylic oxidation sites excluding steroid dienone is 1. The number of benzene rings is 1. The van der Waals surface area contributed by atoms with E-state index >= 15 is 0 Å². The molecule has 0 amide bonds. The molecule has 3 heterocycles. The second kappa shape index (κ2) is 6.87. The zero-order valence-corrected chi connectivity index (χ0v) is 16.4. The molecule has 3 aliphatic rings. The molecule has 1 aromatic heterocycles. The predicted molar refractivity (Wildman–Crippen MR) is 108 cm³/mol. The lowest BCUT2D eigenvalue weighted by Crippen LogP contribution is -2.43. The Balaban J connectivity index is 1.29. The smallest absolute Gasteiger partial charge is 0.157 e. The number of hydrogen-bond donors (Lipinski definition) is 2. The minimum Gasteiger partial charge on any atom is -0.393 e. The van der Waals surface area contributed by atoms with Crippen LogP contribution in [0.4, 0.5) is 0 Å². The van der Waals surface area contributed by atoms with Gasteiger partial charge in [-0.15, -0.1) is 10.2 Å². The number of nitrogens with one attached hydrogen (secondary N) is 1. The van der Waals surface area contributed by atoms with Gasteiger partial charge < -0.3 is 19.9 Å². The number of aromatic nitrogens is 3. The third kappa shape index (κ3) is 3.06. The second-order valence-electron chi connectivity index (χ2n) is 8.27. The van der Waals surface area contributed by atoms with E-state index in [1.54, 1.807) is 0 Å². The highest BCUT2D eigenvalue weighted by Gasteiger charge is 2.36. The number of nitrogens with zero attached hydrogens (tertiary/aromatic N) is 4. The Morgan fingerprint density at radius 2 is 1.96 bits per heavy atom. The van der Waals surface area contributed by atoms with Gasteiger partial charge in [-0.1, -0.05) is 30.3 Å². The molecule has 0 radical (unpaired) electrons. The number of hydrogen-bond acceptors (Lipinski definition) is 5. The van der Waals surface area contributed by atoms with Crippen molar-refractivity contribution in [1.29, 1.82) is 0 Å². The largest absolute Gasteiger partial charge is 0.393 e. The van der Waals surface area contributed by atoms with E-state index in [0.29, 0.717) is 12.1 Å². The summed E-state index contributed by atoms with van der Waals surface area (Å²) >= 11 is 0. The van der Waals surface area contributed by atoms with Gasteiger partial charge in [-0.25, -0.2) is 0 Å². The van der Waals surface area contributed by atoms with E-state index in [4.69, 9.17) is 0 Å². The standard InChI is InChI=1S/C22H27N5O/c1-14-8-21-20(6-7-22-25-24-15(2)27(21)22)26(14)13-17-5-3-4-16(9-17)12-23-18-10-19(28)11-18/h3-9,18-21,23,28H,10-13H2,1-2H3/t18-,19-,20?,21?. The zero-order valence-electron chi connectivity index (χ0n) is 16.4. The van der Waals surface area contributed by atoms with Gasteiger partial charge >= 0.3 is 0 Å². The average molecular weight is 377 g/mol. The molecule has 2 aliphatic heterocycles. The summed E-state index contributed by atoms with van der Waals surface area (Å²) in [6.45, 7) is 5.96. The van der Waals surface area contributed by atoms with Crippen LogP contribution in [-0.4, -0.2) is 43.0 Å². The van der Waals surface area contributed by atoms with Crippen molar-refractivity contribution >= 4 is 6.08 Å². The van der Waals surface area contributed by atoms with Gasteiger partial charge in [0.05, 0.1) is 18.2 Å². The van der Waals surface area contributed by atoms with Gasteiger partial charge in [0.1, 0.15) is 5.82 Å². The summed E-state index contributed by atoms with van der Waals surface area (Å²) in [7, 11) is 0. The number of fused-ring (bicyclic) bond motifs is 3. The summed E-state index contributed by atoms with van der Waals surface area (Å²) in [6.07, 6.45) is 8.32. The van der Waals surface area contributed by atoms with Crippen molar-refractivity contribution in [3.05, 3.63) is 64.9 Å². The minimum absolute atomic E-state index is 0.111. The topological polar surface area (TPSA) is 66.2 Å². The quantitative estimate of drug-likeness (QED) is 0.838. The van der Waals surface area contributed by atoms with E-state index in [0.717, 1.165) is 37.6 Å². The van der Waals surface area contributed by atoms with Crippen LogP contribution in [0.5, 0.6) is 0 Å². The second-order valence-corrected chi connectivity index (χ2v) is 8.27. The van der Waals surface area contributed by atoms with E-state index in [9.17, 15) is 5.11 Å². The maximum Gasteiger partial charge on any atom is 0.157 e. The SMILES string of the molecule is CC1=CC2C(C=Cc3nnc(C)n32)N1Cc1cccc(CN[C@H]2C[C@H](O)C2)c1. The third-order valence-electron chi connectivity index (χ3n) is 6.26. The minimum atomic E-state index is -0.111. The molecule has 28 heavy (non-hydrogen) atoms. The summed E-state index contributed by atoms with van der Waals surface area (Å²) < 4.78 is 2.24. The molecular weight excluding hydrogens is 350 g/mol. The van der Waals surface area contributed by atoms with Gasteiger partial charge in [-0.3, -0.25) is 0 Å². The monoisotopic (exact) mass is 377 g/mol. The summed E-state index contributed by atoms with van der Waals surface area (Å²) in [5, 5.41) is 21.5. The van der Waals surface area contributed by atoms with Crippen LogP contribution in [0.3, 0.4) is 0 Å². The van der Waals surface area contributed by atoms with Gasteiger partial charge in [0.25, 0.3) is 0 Å². The van der Waals surface area contributed by atoms with E-state index in [1.807, 2.05) is 6.92 Å². The molecule has 0 saturated heterocycles.